The van der Waals surface area contributed by atoms with Crippen LogP contribution < -0.4 is 9.47 Å². The summed E-state index contributed by atoms with van der Waals surface area (Å²) in [6.07, 6.45) is 0.604. The number of benzene rings is 1. The number of rotatable bonds is 8. The number of hydrogen-bond acceptors (Lipinski definition) is 5. The maximum atomic E-state index is 5.73. The van der Waals surface area contributed by atoms with Gasteiger partial charge in [-0.3, -0.25) is 4.90 Å². The molecule has 0 aliphatic carbocycles. The molecule has 0 unspecified atom stereocenters. The van der Waals surface area contributed by atoms with Crippen LogP contribution in [0.3, 0.4) is 0 Å². The lowest BCUT2D eigenvalue weighted by Gasteiger charge is -2.35. The van der Waals surface area contributed by atoms with Gasteiger partial charge in [-0.2, -0.15) is 0 Å². The fourth-order valence-corrected chi connectivity index (χ4v) is 2.87. The topological polar surface area (TPSA) is 40.2 Å². The van der Waals surface area contributed by atoms with Crippen LogP contribution in [0, 0.1) is 6.92 Å². The lowest BCUT2D eigenvalue weighted by molar-refractivity contribution is -0.0734. The lowest BCUT2D eigenvalue weighted by atomic mass is 10.2. The fourth-order valence-electron chi connectivity index (χ4n) is 2.87. The van der Waals surface area contributed by atoms with Crippen LogP contribution in [0.5, 0.6) is 11.5 Å². The molecule has 1 aromatic carbocycles. The molecule has 5 nitrogen and oxygen atoms in total. The molecule has 0 saturated carbocycles. The highest BCUT2D eigenvalue weighted by Gasteiger charge is 2.21. The molecule has 2 rings (SSSR count). The van der Waals surface area contributed by atoms with Crippen molar-refractivity contribution in [3.63, 3.8) is 0 Å². The fraction of sp³-hybridized carbons (Fsp3) is 0.667. The molecular weight excluding hydrogens is 294 g/mol. The van der Waals surface area contributed by atoms with Crippen LogP contribution in [0.1, 0.15) is 19.4 Å². The SMILES string of the molecule is COc1cc(C)ccc1OCCOCCN1C[C@@H](C)O[C@@H](C)C1. The number of methoxy groups -OCH3 is 1. The van der Waals surface area contributed by atoms with Crippen molar-refractivity contribution in [2.24, 2.45) is 0 Å². The van der Waals surface area contributed by atoms with Crippen LogP contribution in [0.4, 0.5) is 0 Å². The number of nitrogens with zero attached hydrogens (tertiary/aromatic N) is 1. The first kappa shape index (κ1) is 18.0. The maximum Gasteiger partial charge on any atom is 0.161 e. The molecule has 2 atom stereocenters. The highest BCUT2D eigenvalue weighted by atomic mass is 16.5. The maximum absolute atomic E-state index is 5.73. The Kier molecular flexibility index (Phi) is 7.15. The quantitative estimate of drug-likeness (QED) is 0.688. The van der Waals surface area contributed by atoms with Crippen LogP contribution in [0.25, 0.3) is 0 Å². The Morgan fingerprint density at radius 3 is 2.52 bits per heavy atom. The molecule has 1 fully saturated rings. The minimum atomic E-state index is 0.302. The summed E-state index contributed by atoms with van der Waals surface area (Å²) in [5, 5.41) is 0. The van der Waals surface area contributed by atoms with E-state index in [0.29, 0.717) is 32.0 Å². The molecule has 0 spiro atoms. The smallest absolute Gasteiger partial charge is 0.161 e. The molecule has 0 radical (unpaired) electrons. The van der Waals surface area contributed by atoms with Crippen LogP contribution in [0.2, 0.25) is 0 Å². The molecule has 23 heavy (non-hydrogen) atoms. The molecular formula is C18H29NO4. The molecule has 0 amide bonds. The molecule has 0 N–H and O–H groups in total. The largest absolute Gasteiger partial charge is 0.493 e. The van der Waals surface area contributed by atoms with Crippen molar-refractivity contribution < 1.29 is 18.9 Å². The summed E-state index contributed by atoms with van der Waals surface area (Å²) in [4.78, 5) is 2.39. The van der Waals surface area contributed by atoms with Crippen LogP contribution >= 0.6 is 0 Å². The molecule has 1 heterocycles. The van der Waals surface area contributed by atoms with Crippen molar-refractivity contribution in [3.8, 4) is 11.5 Å². The van der Waals surface area contributed by atoms with Gasteiger partial charge in [-0.05, 0) is 38.5 Å². The van der Waals surface area contributed by atoms with E-state index in [1.807, 2.05) is 25.1 Å². The Labute approximate surface area is 139 Å². The highest BCUT2D eigenvalue weighted by Crippen LogP contribution is 2.27. The second-order valence-electron chi connectivity index (χ2n) is 6.13. The number of morpholine rings is 1. The molecule has 1 aromatic rings. The number of hydrogen-bond donors (Lipinski definition) is 0. The molecule has 1 saturated heterocycles. The van der Waals surface area contributed by atoms with Gasteiger partial charge in [-0.25, -0.2) is 0 Å². The van der Waals surface area contributed by atoms with Gasteiger partial charge in [0.2, 0.25) is 0 Å². The monoisotopic (exact) mass is 323 g/mol. The number of ether oxygens (including phenoxy) is 4. The Morgan fingerprint density at radius 1 is 1.09 bits per heavy atom. The Balaban J connectivity index is 1.61. The van der Waals surface area contributed by atoms with Crippen molar-refractivity contribution >= 4 is 0 Å². The normalized spacial score (nSPS) is 22.1. The Hall–Kier alpha value is -1.30. The second kappa shape index (κ2) is 9.11. The van der Waals surface area contributed by atoms with Gasteiger partial charge in [0.1, 0.15) is 6.61 Å². The van der Waals surface area contributed by atoms with Gasteiger partial charge in [-0.15, -0.1) is 0 Å². The zero-order valence-electron chi connectivity index (χ0n) is 14.7. The first-order valence-electron chi connectivity index (χ1n) is 8.31. The minimum Gasteiger partial charge on any atom is -0.493 e. The molecule has 0 aromatic heterocycles. The molecule has 130 valence electrons. The van der Waals surface area contributed by atoms with E-state index in [2.05, 4.69) is 18.7 Å². The summed E-state index contributed by atoms with van der Waals surface area (Å²) >= 11 is 0. The van der Waals surface area contributed by atoms with Gasteiger partial charge in [0.05, 0.1) is 32.5 Å². The Morgan fingerprint density at radius 2 is 1.83 bits per heavy atom. The summed E-state index contributed by atoms with van der Waals surface area (Å²) < 4.78 is 22.4. The van der Waals surface area contributed by atoms with Gasteiger partial charge >= 0.3 is 0 Å². The zero-order valence-corrected chi connectivity index (χ0v) is 14.7. The predicted octanol–water partition coefficient (Wildman–Crippen LogP) is 2.51. The first-order chi connectivity index (χ1) is 11.1. The van der Waals surface area contributed by atoms with E-state index in [0.717, 1.165) is 36.7 Å². The Bertz CT molecular complexity index is 470. The zero-order chi connectivity index (χ0) is 16.7. The van der Waals surface area contributed by atoms with Gasteiger partial charge in [0.25, 0.3) is 0 Å². The summed E-state index contributed by atoms with van der Waals surface area (Å²) in [6.45, 7) is 11.0. The van der Waals surface area contributed by atoms with Crippen molar-refractivity contribution in [3.05, 3.63) is 23.8 Å². The molecule has 1 aliphatic rings. The van der Waals surface area contributed by atoms with E-state index >= 15 is 0 Å². The van der Waals surface area contributed by atoms with Gasteiger partial charge in [-0.1, -0.05) is 6.07 Å². The van der Waals surface area contributed by atoms with Gasteiger partial charge < -0.3 is 18.9 Å². The summed E-state index contributed by atoms with van der Waals surface area (Å²) in [7, 11) is 1.66. The van der Waals surface area contributed by atoms with E-state index in [1.165, 1.54) is 0 Å². The standard InChI is InChI=1S/C18H29NO4/c1-14-5-6-17(18(11-14)20-4)22-10-9-21-8-7-19-12-15(2)23-16(3)13-19/h5-6,11,15-16H,7-10,12-13H2,1-4H3/t15-,16+. The third kappa shape index (κ3) is 6.01. The minimum absolute atomic E-state index is 0.302. The van der Waals surface area contributed by atoms with Gasteiger partial charge in [0, 0.05) is 19.6 Å². The van der Waals surface area contributed by atoms with E-state index in [1.54, 1.807) is 7.11 Å². The van der Waals surface area contributed by atoms with Crippen LogP contribution in [-0.4, -0.2) is 63.7 Å². The van der Waals surface area contributed by atoms with Crippen molar-refractivity contribution in [2.75, 3.05) is 46.6 Å². The van der Waals surface area contributed by atoms with E-state index in [4.69, 9.17) is 18.9 Å². The average Bonchev–Trinajstić information content (AvgIpc) is 2.50. The van der Waals surface area contributed by atoms with Crippen molar-refractivity contribution in [1.82, 2.24) is 4.90 Å². The van der Waals surface area contributed by atoms with E-state index < -0.39 is 0 Å². The third-order valence-corrected chi connectivity index (χ3v) is 3.85. The van der Waals surface area contributed by atoms with E-state index in [-0.39, 0.29) is 0 Å². The lowest BCUT2D eigenvalue weighted by Crippen LogP contribution is -2.46. The molecule has 5 heteroatoms. The first-order valence-corrected chi connectivity index (χ1v) is 8.31. The predicted molar refractivity (Wildman–Crippen MR) is 90.5 cm³/mol. The molecule has 1 aliphatic heterocycles. The highest BCUT2D eigenvalue weighted by molar-refractivity contribution is 5.42. The molecule has 0 bridgehead atoms. The van der Waals surface area contributed by atoms with E-state index in [9.17, 15) is 0 Å². The second-order valence-corrected chi connectivity index (χ2v) is 6.13. The summed E-state index contributed by atoms with van der Waals surface area (Å²) in [5.74, 6) is 1.53. The summed E-state index contributed by atoms with van der Waals surface area (Å²) in [6, 6.07) is 5.92. The van der Waals surface area contributed by atoms with Gasteiger partial charge in [0.15, 0.2) is 11.5 Å². The van der Waals surface area contributed by atoms with Crippen molar-refractivity contribution in [2.45, 2.75) is 33.0 Å². The third-order valence-electron chi connectivity index (χ3n) is 3.85. The van der Waals surface area contributed by atoms with Crippen molar-refractivity contribution in [1.29, 1.82) is 0 Å². The van der Waals surface area contributed by atoms with Crippen LogP contribution in [-0.2, 0) is 9.47 Å². The summed E-state index contributed by atoms with van der Waals surface area (Å²) in [5.41, 5.74) is 1.15. The van der Waals surface area contributed by atoms with Crippen LogP contribution in [0.15, 0.2) is 18.2 Å². The average molecular weight is 323 g/mol. The number of aryl methyl sites for hydroxylation is 1.